The molecule has 1 aliphatic rings. The molecule has 2 N–H and O–H groups in total. The number of carboxylic acid groups (broad SMARTS) is 1. The molecule has 1 rings (SSSR count). The van der Waals surface area contributed by atoms with E-state index in [1.165, 1.54) is 4.31 Å². The van der Waals surface area contributed by atoms with E-state index in [1.807, 2.05) is 0 Å². The summed E-state index contributed by atoms with van der Waals surface area (Å²) < 4.78 is 27.8. The molecule has 0 radical (unpaired) electrons. The molecule has 0 bridgehead atoms. The molecule has 100 valence electrons. The van der Waals surface area contributed by atoms with Gasteiger partial charge in [0.25, 0.3) is 10.2 Å². The second-order valence-electron chi connectivity index (χ2n) is 4.68. The molecule has 1 saturated heterocycles. The van der Waals surface area contributed by atoms with Gasteiger partial charge in [0.2, 0.25) is 0 Å². The van der Waals surface area contributed by atoms with Gasteiger partial charge in [0, 0.05) is 19.1 Å². The van der Waals surface area contributed by atoms with Crippen LogP contribution in [0.5, 0.6) is 0 Å². The summed E-state index contributed by atoms with van der Waals surface area (Å²) in [6.07, 6.45) is 1.54. The SMILES string of the molecule is CC(C)C(CC(=O)O)NS(=O)(=O)N1CCCC1. The van der Waals surface area contributed by atoms with Crippen LogP contribution in [0.1, 0.15) is 33.1 Å². The van der Waals surface area contributed by atoms with Gasteiger partial charge in [-0.05, 0) is 18.8 Å². The van der Waals surface area contributed by atoms with Crippen LogP contribution in [0, 0.1) is 5.92 Å². The van der Waals surface area contributed by atoms with E-state index in [4.69, 9.17) is 5.11 Å². The number of hydrogen-bond donors (Lipinski definition) is 2. The number of carbonyl (C=O) groups is 1. The van der Waals surface area contributed by atoms with Gasteiger partial charge in [-0.2, -0.15) is 17.4 Å². The number of hydrogen-bond acceptors (Lipinski definition) is 3. The highest BCUT2D eigenvalue weighted by atomic mass is 32.2. The Kier molecular flexibility index (Phi) is 4.91. The lowest BCUT2D eigenvalue weighted by molar-refractivity contribution is -0.137. The molecule has 1 aliphatic heterocycles. The van der Waals surface area contributed by atoms with Crippen LogP contribution in [-0.4, -0.2) is 42.9 Å². The van der Waals surface area contributed by atoms with E-state index in [-0.39, 0.29) is 12.3 Å². The molecule has 0 saturated carbocycles. The molecule has 0 aromatic heterocycles. The highest BCUT2D eigenvalue weighted by molar-refractivity contribution is 7.87. The van der Waals surface area contributed by atoms with Crippen LogP contribution in [0.4, 0.5) is 0 Å². The Morgan fingerprint density at radius 2 is 1.88 bits per heavy atom. The van der Waals surface area contributed by atoms with Gasteiger partial charge in [-0.1, -0.05) is 13.8 Å². The first-order valence-electron chi connectivity index (χ1n) is 5.82. The van der Waals surface area contributed by atoms with Crippen LogP contribution in [0.2, 0.25) is 0 Å². The molecule has 1 atom stereocenters. The number of nitrogens with zero attached hydrogens (tertiary/aromatic N) is 1. The first-order chi connectivity index (χ1) is 7.83. The zero-order chi connectivity index (χ0) is 13.1. The summed E-state index contributed by atoms with van der Waals surface area (Å²) in [5.41, 5.74) is 0. The minimum absolute atomic E-state index is 0.0523. The quantitative estimate of drug-likeness (QED) is 0.727. The minimum Gasteiger partial charge on any atom is -0.481 e. The van der Waals surface area contributed by atoms with Crippen LogP contribution in [-0.2, 0) is 15.0 Å². The highest BCUT2D eigenvalue weighted by Crippen LogP contribution is 2.14. The Morgan fingerprint density at radius 1 is 1.35 bits per heavy atom. The average Bonchev–Trinajstić information content (AvgIpc) is 2.68. The third-order valence-electron chi connectivity index (χ3n) is 2.90. The van der Waals surface area contributed by atoms with Crippen molar-refractivity contribution in [3.05, 3.63) is 0 Å². The zero-order valence-corrected chi connectivity index (χ0v) is 11.0. The minimum atomic E-state index is -3.53. The summed E-state index contributed by atoms with van der Waals surface area (Å²) in [5.74, 6) is -1.05. The number of aliphatic carboxylic acids is 1. The van der Waals surface area contributed by atoms with Crippen molar-refractivity contribution < 1.29 is 18.3 Å². The van der Waals surface area contributed by atoms with Gasteiger partial charge in [-0.15, -0.1) is 0 Å². The van der Waals surface area contributed by atoms with Crippen molar-refractivity contribution >= 4 is 16.2 Å². The van der Waals surface area contributed by atoms with Crippen molar-refractivity contribution in [1.29, 1.82) is 0 Å². The third-order valence-corrected chi connectivity index (χ3v) is 4.55. The summed E-state index contributed by atoms with van der Waals surface area (Å²) >= 11 is 0. The number of rotatable bonds is 6. The molecular weight excluding hydrogens is 244 g/mol. The fourth-order valence-corrected chi connectivity index (χ4v) is 3.42. The van der Waals surface area contributed by atoms with E-state index in [0.29, 0.717) is 13.1 Å². The molecule has 7 heteroatoms. The first kappa shape index (κ1) is 14.4. The first-order valence-corrected chi connectivity index (χ1v) is 7.26. The highest BCUT2D eigenvalue weighted by Gasteiger charge is 2.29. The van der Waals surface area contributed by atoms with Crippen LogP contribution < -0.4 is 4.72 Å². The smallest absolute Gasteiger partial charge is 0.304 e. The second-order valence-corrected chi connectivity index (χ2v) is 6.38. The molecule has 0 aliphatic carbocycles. The Balaban J connectivity index is 2.68. The Bertz CT molecular complexity index is 361. The van der Waals surface area contributed by atoms with Crippen molar-refractivity contribution in [2.24, 2.45) is 5.92 Å². The van der Waals surface area contributed by atoms with Crippen molar-refractivity contribution in [2.75, 3.05) is 13.1 Å². The van der Waals surface area contributed by atoms with Gasteiger partial charge >= 0.3 is 5.97 Å². The van der Waals surface area contributed by atoms with Gasteiger partial charge < -0.3 is 5.11 Å². The summed E-state index contributed by atoms with van der Waals surface area (Å²) in [7, 11) is -3.53. The number of carboxylic acids is 1. The molecule has 1 fully saturated rings. The Hall–Kier alpha value is -0.660. The maximum atomic E-state index is 12.0. The number of nitrogens with one attached hydrogen (secondary N) is 1. The average molecular weight is 264 g/mol. The lowest BCUT2D eigenvalue weighted by atomic mass is 10.0. The maximum Gasteiger partial charge on any atom is 0.304 e. The van der Waals surface area contributed by atoms with Gasteiger partial charge in [-0.25, -0.2) is 0 Å². The molecule has 1 unspecified atom stereocenters. The zero-order valence-electron chi connectivity index (χ0n) is 10.2. The monoisotopic (exact) mass is 264 g/mol. The van der Waals surface area contributed by atoms with E-state index < -0.39 is 22.2 Å². The van der Waals surface area contributed by atoms with E-state index in [9.17, 15) is 13.2 Å². The molecule has 1 heterocycles. The molecule has 0 aromatic rings. The molecule has 0 spiro atoms. The van der Waals surface area contributed by atoms with E-state index >= 15 is 0 Å². The van der Waals surface area contributed by atoms with E-state index in [1.54, 1.807) is 13.8 Å². The molecule has 0 aromatic carbocycles. The van der Waals surface area contributed by atoms with Gasteiger partial charge in [-0.3, -0.25) is 4.79 Å². The van der Waals surface area contributed by atoms with Gasteiger partial charge in [0.05, 0.1) is 6.42 Å². The summed E-state index contributed by atoms with van der Waals surface area (Å²) in [6, 6.07) is -0.557. The Morgan fingerprint density at radius 3 is 2.29 bits per heavy atom. The normalized spacial score (nSPS) is 19.7. The third kappa shape index (κ3) is 4.25. The summed E-state index contributed by atoms with van der Waals surface area (Å²) in [5, 5.41) is 8.75. The molecule has 0 amide bonds. The predicted octanol–water partition coefficient (Wildman–Crippen LogP) is 0.416. The van der Waals surface area contributed by atoms with Crippen molar-refractivity contribution in [3.8, 4) is 0 Å². The summed E-state index contributed by atoms with van der Waals surface area (Å²) in [4.78, 5) is 10.7. The van der Waals surface area contributed by atoms with Crippen LogP contribution >= 0.6 is 0 Å². The fraction of sp³-hybridized carbons (Fsp3) is 0.900. The Labute approximate surface area is 102 Å². The van der Waals surface area contributed by atoms with Crippen LogP contribution in [0.15, 0.2) is 0 Å². The lowest BCUT2D eigenvalue weighted by Gasteiger charge is -2.24. The van der Waals surface area contributed by atoms with Gasteiger partial charge in [0.15, 0.2) is 0 Å². The van der Waals surface area contributed by atoms with Crippen LogP contribution in [0.3, 0.4) is 0 Å². The van der Waals surface area contributed by atoms with Crippen molar-refractivity contribution in [2.45, 2.75) is 39.2 Å². The van der Waals surface area contributed by atoms with E-state index in [2.05, 4.69) is 4.72 Å². The second kappa shape index (κ2) is 5.79. The molecule has 6 nitrogen and oxygen atoms in total. The molecular formula is C10H20N2O4S. The van der Waals surface area contributed by atoms with Crippen molar-refractivity contribution in [1.82, 2.24) is 9.03 Å². The summed E-state index contributed by atoms with van der Waals surface area (Å²) in [6.45, 7) is 4.65. The van der Waals surface area contributed by atoms with E-state index in [0.717, 1.165) is 12.8 Å². The standard InChI is InChI=1S/C10H20N2O4S/c1-8(2)9(7-10(13)14)11-17(15,16)12-5-3-4-6-12/h8-9,11H,3-7H2,1-2H3,(H,13,14). The topological polar surface area (TPSA) is 86.7 Å². The maximum absolute atomic E-state index is 12.0. The van der Waals surface area contributed by atoms with Gasteiger partial charge in [0.1, 0.15) is 0 Å². The molecule has 17 heavy (non-hydrogen) atoms. The van der Waals surface area contributed by atoms with Crippen molar-refractivity contribution in [3.63, 3.8) is 0 Å². The fourth-order valence-electron chi connectivity index (χ4n) is 1.80. The largest absolute Gasteiger partial charge is 0.481 e. The van der Waals surface area contributed by atoms with Crippen LogP contribution in [0.25, 0.3) is 0 Å². The lowest BCUT2D eigenvalue weighted by Crippen LogP contribution is -2.46. The predicted molar refractivity (Wildman–Crippen MR) is 63.7 cm³/mol.